The summed E-state index contributed by atoms with van der Waals surface area (Å²) < 4.78 is 26.6. The number of ether oxygens (including phenoxy) is 2. The average Bonchev–Trinajstić information content (AvgIpc) is 3.46. The van der Waals surface area contributed by atoms with Gasteiger partial charge in [0.2, 0.25) is 0 Å². The molecule has 1 aliphatic rings. The molecule has 28 heavy (non-hydrogen) atoms. The van der Waals surface area contributed by atoms with Crippen LogP contribution < -0.4 is 4.74 Å². The first-order valence-corrected chi connectivity index (χ1v) is 11.3. The van der Waals surface area contributed by atoms with Gasteiger partial charge in [-0.25, -0.2) is 4.39 Å². The zero-order chi connectivity index (χ0) is 19.2. The molecule has 1 atom stereocenters. The molecule has 0 radical (unpaired) electrons. The van der Waals surface area contributed by atoms with Gasteiger partial charge in [-0.15, -0.1) is 21.5 Å². The van der Waals surface area contributed by atoms with E-state index in [-0.39, 0.29) is 11.9 Å². The second-order valence-corrected chi connectivity index (χ2v) is 8.54. The smallest absolute Gasteiger partial charge is 0.191 e. The fourth-order valence-corrected chi connectivity index (χ4v) is 4.66. The van der Waals surface area contributed by atoms with Crippen LogP contribution in [0.25, 0.3) is 10.7 Å². The van der Waals surface area contributed by atoms with Gasteiger partial charge in [-0.2, -0.15) is 0 Å². The Kier molecular flexibility index (Phi) is 6.61. The highest BCUT2D eigenvalue weighted by molar-refractivity contribution is 7.99. The molecule has 1 unspecified atom stereocenters. The minimum atomic E-state index is -0.255. The number of nitrogens with zero attached hydrogens (tertiary/aromatic N) is 3. The summed E-state index contributed by atoms with van der Waals surface area (Å²) in [7, 11) is 0. The van der Waals surface area contributed by atoms with Gasteiger partial charge in [-0.05, 0) is 55.0 Å². The molecule has 0 spiro atoms. The molecule has 0 bridgehead atoms. The second-order valence-electron chi connectivity index (χ2n) is 6.53. The van der Waals surface area contributed by atoms with Gasteiger partial charge in [0.25, 0.3) is 0 Å². The fourth-order valence-electron chi connectivity index (χ4n) is 3.08. The Morgan fingerprint density at radius 2 is 2.14 bits per heavy atom. The standard InChI is InChI=1S/C20H22FN3O2S2/c21-15-6-8-16(9-7-15)25-11-3-13-28-20-23-22-19(18-5-2-12-27-18)24(20)14-17-4-1-10-26-17/h2,5-9,12,17H,1,3-4,10-11,13-14H2. The third-order valence-electron chi connectivity index (χ3n) is 4.47. The van der Waals surface area contributed by atoms with Gasteiger partial charge in [0, 0.05) is 12.4 Å². The third kappa shape index (κ3) is 4.92. The Balaban J connectivity index is 1.34. The largest absolute Gasteiger partial charge is 0.494 e. The highest BCUT2D eigenvalue weighted by Gasteiger charge is 2.22. The summed E-state index contributed by atoms with van der Waals surface area (Å²) in [5, 5.41) is 11.8. The molecule has 4 rings (SSSR count). The van der Waals surface area contributed by atoms with Gasteiger partial charge in [0.05, 0.1) is 24.1 Å². The van der Waals surface area contributed by atoms with Gasteiger partial charge >= 0.3 is 0 Å². The van der Waals surface area contributed by atoms with Gasteiger partial charge in [-0.1, -0.05) is 17.8 Å². The number of hydrogen-bond acceptors (Lipinski definition) is 6. The summed E-state index contributed by atoms with van der Waals surface area (Å²) in [6, 6.07) is 10.2. The molecule has 2 aromatic heterocycles. The number of rotatable bonds is 9. The van der Waals surface area contributed by atoms with E-state index in [1.165, 1.54) is 12.1 Å². The molecule has 1 aliphatic heterocycles. The predicted octanol–water partition coefficient (Wildman–Crippen LogP) is 4.89. The van der Waals surface area contributed by atoms with Gasteiger partial charge in [0.1, 0.15) is 11.6 Å². The van der Waals surface area contributed by atoms with E-state index in [2.05, 4.69) is 26.2 Å². The highest BCUT2D eigenvalue weighted by Crippen LogP contribution is 2.29. The molecule has 0 saturated carbocycles. The summed E-state index contributed by atoms with van der Waals surface area (Å²) in [5.74, 6) is 2.22. The van der Waals surface area contributed by atoms with Crippen LogP contribution >= 0.6 is 23.1 Å². The van der Waals surface area contributed by atoms with Crippen molar-refractivity contribution in [2.45, 2.75) is 37.1 Å². The molecule has 1 saturated heterocycles. The topological polar surface area (TPSA) is 49.2 Å². The van der Waals surface area contributed by atoms with E-state index in [1.807, 2.05) is 6.07 Å². The molecule has 3 heterocycles. The Bertz CT molecular complexity index is 862. The monoisotopic (exact) mass is 419 g/mol. The fraction of sp³-hybridized carbons (Fsp3) is 0.400. The Morgan fingerprint density at radius 3 is 2.89 bits per heavy atom. The summed E-state index contributed by atoms with van der Waals surface area (Å²) in [5.41, 5.74) is 0. The molecular weight excluding hydrogens is 397 g/mol. The number of thioether (sulfide) groups is 1. The Hall–Kier alpha value is -1.90. The maximum atomic E-state index is 12.9. The van der Waals surface area contributed by atoms with Crippen LogP contribution in [0.4, 0.5) is 4.39 Å². The molecule has 0 amide bonds. The number of aromatic nitrogens is 3. The first-order chi connectivity index (χ1) is 13.8. The van der Waals surface area contributed by atoms with E-state index in [4.69, 9.17) is 9.47 Å². The first kappa shape index (κ1) is 19.4. The van der Waals surface area contributed by atoms with E-state index in [9.17, 15) is 4.39 Å². The maximum absolute atomic E-state index is 12.9. The van der Waals surface area contributed by atoms with E-state index in [1.54, 1.807) is 35.2 Å². The van der Waals surface area contributed by atoms with Crippen LogP contribution in [-0.2, 0) is 11.3 Å². The van der Waals surface area contributed by atoms with E-state index in [0.29, 0.717) is 12.4 Å². The quantitative estimate of drug-likeness (QED) is 0.365. The van der Waals surface area contributed by atoms with Gasteiger partial charge < -0.3 is 9.47 Å². The van der Waals surface area contributed by atoms with Crippen LogP contribution in [0.15, 0.2) is 46.9 Å². The predicted molar refractivity (Wildman–Crippen MR) is 110 cm³/mol. The van der Waals surface area contributed by atoms with Crippen molar-refractivity contribution in [3.05, 3.63) is 47.6 Å². The van der Waals surface area contributed by atoms with Crippen molar-refractivity contribution in [2.24, 2.45) is 0 Å². The lowest BCUT2D eigenvalue weighted by atomic mass is 10.2. The van der Waals surface area contributed by atoms with Crippen LogP contribution in [0.3, 0.4) is 0 Å². The number of halogens is 1. The van der Waals surface area contributed by atoms with Crippen LogP contribution in [0, 0.1) is 5.82 Å². The van der Waals surface area contributed by atoms with Crippen molar-refractivity contribution in [1.82, 2.24) is 14.8 Å². The molecule has 0 N–H and O–H groups in total. The molecule has 3 aromatic rings. The van der Waals surface area contributed by atoms with Gasteiger partial charge in [0.15, 0.2) is 11.0 Å². The summed E-state index contributed by atoms with van der Waals surface area (Å²) >= 11 is 3.36. The van der Waals surface area contributed by atoms with Crippen molar-refractivity contribution in [3.63, 3.8) is 0 Å². The third-order valence-corrected chi connectivity index (χ3v) is 6.39. The van der Waals surface area contributed by atoms with Crippen molar-refractivity contribution < 1.29 is 13.9 Å². The minimum absolute atomic E-state index is 0.232. The highest BCUT2D eigenvalue weighted by atomic mass is 32.2. The number of benzene rings is 1. The lowest BCUT2D eigenvalue weighted by Gasteiger charge is -2.14. The van der Waals surface area contributed by atoms with Crippen molar-refractivity contribution in [2.75, 3.05) is 19.0 Å². The van der Waals surface area contributed by atoms with E-state index >= 15 is 0 Å². The normalized spacial score (nSPS) is 16.5. The van der Waals surface area contributed by atoms with Crippen LogP contribution in [0.5, 0.6) is 5.75 Å². The van der Waals surface area contributed by atoms with E-state index < -0.39 is 0 Å². The molecule has 8 heteroatoms. The maximum Gasteiger partial charge on any atom is 0.191 e. The minimum Gasteiger partial charge on any atom is -0.494 e. The summed E-state index contributed by atoms with van der Waals surface area (Å²) in [4.78, 5) is 1.12. The second kappa shape index (κ2) is 9.54. The van der Waals surface area contributed by atoms with Gasteiger partial charge in [-0.3, -0.25) is 4.57 Å². The van der Waals surface area contributed by atoms with Crippen molar-refractivity contribution >= 4 is 23.1 Å². The van der Waals surface area contributed by atoms with Crippen molar-refractivity contribution in [1.29, 1.82) is 0 Å². The molecule has 0 aliphatic carbocycles. The zero-order valence-electron chi connectivity index (χ0n) is 15.4. The van der Waals surface area contributed by atoms with Crippen LogP contribution in [0.2, 0.25) is 0 Å². The molecule has 5 nitrogen and oxygen atoms in total. The molecule has 1 fully saturated rings. The lowest BCUT2D eigenvalue weighted by molar-refractivity contribution is 0.0953. The molecular formula is C20H22FN3O2S2. The lowest BCUT2D eigenvalue weighted by Crippen LogP contribution is -2.16. The average molecular weight is 420 g/mol. The zero-order valence-corrected chi connectivity index (χ0v) is 17.1. The SMILES string of the molecule is Fc1ccc(OCCCSc2nnc(-c3cccs3)n2CC2CCCO2)cc1. The number of thiophene rings is 1. The number of hydrogen-bond donors (Lipinski definition) is 0. The molecule has 148 valence electrons. The summed E-state index contributed by atoms with van der Waals surface area (Å²) in [6.07, 6.45) is 3.29. The Morgan fingerprint density at radius 1 is 1.25 bits per heavy atom. The van der Waals surface area contributed by atoms with E-state index in [0.717, 1.165) is 54.0 Å². The van der Waals surface area contributed by atoms with Crippen LogP contribution in [0.1, 0.15) is 19.3 Å². The summed E-state index contributed by atoms with van der Waals surface area (Å²) in [6.45, 7) is 2.20. The molecule has 1 aromatic carbocycles. The first-order valence-electron chi connectivity index (χ1n) is 9.39. The Labute approximate surface area is 171 Å². The van der Waals surface area contributed by atoms with Crippen molar-refractivity contribution in [3.8, 4) is 16.5 Å². The van der Waals surface area contributed by atoms with Crippen LogP contribution in [-0.4, -0.2) is 39.8 Å².